The van der Waals surface area contributed by atoms with Gasteiger partial charge in [0.05, 0.1) is 15.9 Å². The molecule has 2 aromatic heterocycles. The third-order valence-electron chi connectivity index (χ3n) is 4.95. The topological polar surface area (TPSA) is 111 Å². The highest BCUT2D eigenvalue weighted by atomic mass is 32.2. The van der Waals surface area contributed by atoms with Crippen molar-refractivity contribution in [2.75, 3.05) is 5.32 Å². The number of nitro benzene ring substituents is 1. The molecular formula is C25H18F3N5O3S2. The Bertz CT molecular complexity index is 1460. The van der Waals surface area contributed by atoms with Crippen molar-refractivity contribution in [3.63, 3.8) is 0 Å². The minimum Gasteiger partial charge on any atom is -0.325 e. The Kier molecular flexibility index (Phi) is 8.27. The number of hydrogen-bond acceptors (Lipinski definition) is 8. The number of halogens is 3. The van der Waals surface area contributed by atoms with E-state index in [1.54, 1.807) is 60.8 Å². The van der Waals surface area contributed by atoms with Crippen LogP contribution in [0.4, 0.5) is 24.5 Å². The second kappa shape index (κ2) is 11.6. The molecule has 0 saturated heterocycles. The van der Waals surface area contributed by atoms with Gasteiger partial charge in [0, 0.05) is 34.5 Å². The normalized spacial score (nSPS) is 12.1. The number of aromatic nitrogens is 3. The lowest BCUT2D eigenvalue weighted by Gasteiger charge is -2.14. The van der Waals surface area contributed by atoms with Crippen LogP contribution in [0.1, 0.15) is 12.6 Å². The summed E-state index contributed by atoms with van der Waals surface area (Å²) in [6, 6.07) is 18.5. The molecule has 13 heteroatoms. The average molecular weight is 558 g/mol. The summed E-state index contributed by atoms with van der Waals surface area (Å²) in [4.78, 5) is 36.2. The van der Waals surface area contributed by atoms with Gasteiger partial charge in [-0.1, -0.05) is 59.9 Å². The van der Waals surface area contributed by atoms with Crippen LogP contribution < -0.4 is 5.32 Å². The van der Waals surface area contributed by atoms with Crippen molar-refractivity contribution in [1.29, 1.82) is 0 Å². The summed E-state index contributed by atoms with van der Waals surface area (Å²) in [5.41, 5.74) is -0.677. The van der Waals surface area contributed by atoms with E-state index in [4.69, 9.17) is 0 Å². The number of pyridine rings is 1. The van der Waals surface area contributed by atoms with Crippen LogP contribution in [-0.2, 0) is 11.0 Å². The Hall–Kier alpha value is -3.97. The van der Waals surface area contributed by atoms with E-state index in [0.717, 1.165) is 17.8 Å². The number of nitro groups is 1. The summed E-state index contributed by atoms with van der Waals surface area (Å²) in [5.74, 6) is -0.591. The standard InChI is InChI=1S/C25H18F3N5O3S2/c1-15(37-24-31-20(16-7-3-2-4-8-16)14-21(32-24)25(26,27)28)23(34)30-17-11-18(33(35)36)13-19(12-17)38-22-9-5-6-10-29-22/h2-15H,1H3,(H,30,34)/t15-/m0/s1. The number of nitrogens with zero attached hydrogens (tertiary/aromatic N) is 4. The number of thioether (sulfide) groups is 1. The fourth-order valence-corrected chi connectivity index (χ4v) is 4.83. The molecule has 0 unspecified atom stereocenters. The molecule has 8 nitrogen and oxygen atoms in total. The average Bonchev–Trinajstić information content (AvgIpc) is 2.89. The van der Waals surface area contributed by atoms with E-state index < -0.39 is 28.0 Å². The van der Waals surface area contributed by atoms with Crippen molar-refractivity contribution in [3.05, 3.63) is 94.8 Å². The molecule has 0 bridgehead atoms. The number of rotatable bonds is 8. The zero-order valence-electron chi connectivity index (χ0n) is 19.5. The van der Waals surface area contributed by atoms with Gasteiger partial charge in [-0.05, 0) is 31.2 Å². The van der Waals surface area contributed by atoms with Gasteiger partial charge in [-0.15, -0.1) is 0 Å². The minimum atomic E-state index is -4.71. The molecule has 0 fully saturated rings. The number of non-ortho nitro benzene ring substituents is 1. The van der Waals surface area contributed by atoms with E-state index in [1.807, 2.05) is 0 Å². The number of amides is 1. The van der Waals surface area contributed by atoms with E-state index >= 15 is 0 Å². The zero-order chi connectivity index (χ0) is 27.3. The van der Waals surface area contributed by atoms with Crippen molar-refractivity contribution in [3.8, 4) is 11.3 Å². The molecule has 4 rings (SSSR count). The number of carbonyl (C=O) groups excluding carboxylic acids is 1. The highest BCUT2D eigenvalue weighted by molar-refractivity contribution is 8.00. The van der Waals surface area contributed by atoms with Crippen molar-refractivity contribution in [2.45, 2.75) is 33.4 Å². The number of carbonyl (C=O) groups is 1. The van der Waals surface area contributed by atoms with Crippen LogP contribution in [-0.4, -0.2) is 31.0 Å². The Morgan fingerprint density at radius 2 is 1.76 bits per heavy atom. The lowest BCUT2D eigenvalue weighted by Crippen LogP contribution is -2.23. The zero-order valence-corrected chi connectivity index (χ0v) is 21.2. The van der Waals surface area contributed by atoms with Gasteiger partial charge >= 0.3 is 6.18 Å². The summed E-state index contributed by atoms with van der Waals surface area (Å²) in [7, 11) is 0. The Labute approximate surface area is 223 Å². The number of anilines is 1. The van der Waals surface area contributed by atoms with Crippen molar-refractivity contribution in [1.82, 2.24) is 15.0 Å². The Balaban J connectivity index is 1.56. The van der Waals surface area contributed by atoms with Crippen LogP contribution in [0.25, 0.3) is 11.3 Å². The summed E-state index contributed by atoms with van der Waals surface area (Å²) < 4.78 is 40.5. The van der Waals surface area contributed by atoms with E-state index in [1.165, 1.54) is 30.8 Å². The summed E-state index contributed by atoms with van der Waals surface area (Å²) in [6.07, 6.45) is -3.13. The molecule has 0 aliphatic carbocycles. The first-order valence-corrected chi connectivity index (χ1v) is 12.7. The molecule has 194 valence electrons. The number of nitrogens with one attached hydrogen (secondary N) is 1. The van der Waals surface area contributed by atoms with Crippen LogP contribution in [0.5, 0.6) is 0 Å². The largest absolute Gasteiger partial charge is 0.433 e. The van der Waals surface area contributed by atoms with Crippen molar-refractivity contribution < 1.29 is 22.9 Å². The fraction of sp³-hybridized carbons (Fsp3) is 0.120. The van der Waals surface area contributed by atoms with Crippen molar-refractivity contribution in [2.24, 2.45) is 0 Å². The Morgan fingerprint density at radius 1 is 1.03 bits per heavy atom. The third-order valence-corrected chi connectivity index (χ3v) is 6.83. The number of benzene rings is 2. The third kappa shape index (κ3) is 7.07. The predicted molar refractivity (Wildman–Crippen MR) is 138 cm³/mol. The molecular weight excluding hydrogens is 539 g/mol. The molecule has 0 saturated carbocycles. The van der Waals surface area contributed by atoms with Crippen LogP contribution in [0, 0.1) is 10.1 Å². The van der Waals surface area contributed by atoms with Crippen molar-refractivity contribution >= 4 is 40.8 Å². The predicted octanol–water partition coefficient (Wildman–Crippen LogP) is 6.74. The molecule has 0 radical (unpaired) electrons. The van der Waals surface area contributed by atoms with E-state index in [2.05, 4.69) is 20.3 Å². The SMILES string of the molecule is C[C@H](Sc1nc(-c2ccccc2)cc(C(F)(F)F)n1)C(=O)Nc1cc(Sc2ccccn2)cc([N+](=O)[O-])c1. The summed E-state index contributed by atoms with van der Waals surface area (Å²) in [6.45, 7) is 1.48. The molecule has 0 aliphatic rings. The molecule has 0 aliphatic heterocycles. The monoisotopic (exact) mass is 557 g/mol. The molecule has 2 heterocycles. The van der Waals surface area contributed by atoms with Crippen LogP contribution >= 0.6 is 23.5 Å². The summed E-state index contributed by atoms with van der Waals surface area (Å²) in [5, 5.41) is 13.5. The van der Waals surface area contributed by atoms with Gasteiger partial charge in [-0.2, -0.15) is 13.2 Å². The van der Waals surface area contributed by atoms with E-state index in [-0.39, 0.29) is 22.2 Å². The molecule has 38 heavy (non-hydrogen) atoms. The number of alkyl halides is 3. The quantitative estimate of drug-likeness (QED) is 0.110. The molecule has 0 spiro atoms. The van der Waals surface area contributed by atoms with Gasteiger partial charge in [-0.3, -0.25) is 14.9 Å². The molecule has 1 amide bonds. The van der Waals surface area contributed by atoms with Gasteiger partial charge in [-0.25, -0.2) is 15.0 Å². The highest BCUT2D eigenvalue weighted by Gasteiger charge is 2.34. The second-order valence-corrected chi connectivity index (χ2v) is 10.2. The summed E-state index contributed by atoms with van der Waals surface area (Å²) >= 11 is 1.92. The van der Waals surface area contributed by atoms with Gasteiger partial charge in [0.15, 0.2) is 5.16 Å². The first-order chi connectivity index (χ1) is 18.1. The molecule has 4 aromatic rings. The second-order valence-electron chi connectivity index (χ2n) is 7.78. The highest BCUT2D eigenvalue weighted by Crippen LogP contribution is 2.34. The fourth-order valence-electron chi connectivity index (χ4n) is 3.18. The maximum Gasteiger partial charge on any atom is 0.433 e. The van der Waals surface area contributed by atoms with Crippen LogP contribution in [0.3, 0.4) is 0 Å². The van der Waals surface area contributed by atoms with Gasteiger partial charge in [0.2, 0.25) is 5.91 Å². The maximum absolute atomic E-state index is 13.5. The van der Waals surface area contributed by atoms with Gasteiger partial charge < -0.3 is 5.32 Å². The smallest absolute Gasteiger partial charge is 0.325 e. The molecule has 1 atom stereocenters. The molecule has 2 aromatic carbocycles. The van der Waals surface area contributed by atoms with Crippen LogP contribution in [0.2, 0.25) is 0 Å². The first-order valence-electron chi connectivity index (χ1n) is 11.0. The van der Waals surface area contributed by atoms with Gasteiger partial charge in [0.1, 0.15) is 10.7 Å². The lowest BCUT2D eigenvalue weighted by molar-refractivity contribution is -0.385. The number of hydrogen-bond donors (Lipinski definition) is 1. The maximum atomic E-state index is 13.5. The molecule has 1 N–H and O–H groups in total. The lowest BCUT2D eigenvalue weighted by atomic mass is 10.1. The van der Waals surface area contributed by atoms with Gasteiger partial charge in [0.25, 0.3) is 5.69 Å². The van der Waals surface area contributed by atoms with E-state index in [0.29, 0.717) is 15.5 Å². The van der Waals surface area contributed by atoms with E-state index in [9.17, 15) is 28.1 Å². The minimum absolute atomic E-state index is 0.0675. The first kappa shape index (κ1) is 27.1. The van der Waals surface area contributed by atoms with Crippen LogP contribution in [0.15, 0.2) is 94.1 Å². The Morgan fingerprint density at radius 3 is 2.42 bits per heavy atom.